The van der Waals surface area contributed by atoms with Crippen molar-refractivity contribution in [2.75, 3.05) is 19.0 Å². The topological polar surface area (TPSA) is 7.12 Å². The molecule has 1 aromatic rings. The molecule has 0 aliphatic carbocycles. The van der Waals surface area contributed by atoms with E-state index in [0.29, 0.717) is 0 Å². The standard InChI is InChI=1S/C14H25N2/c1-5-6-7-8-10-16-11-9-14(15(3)4)12-13(16)2/h9,11-12H,5-8,10H2,1-4H3/q+1. The van der Waals surface area contributed by atoms with Crippen LogP contribution in [0.2, 0.25) is 0 Å². The normalized spacial score (nSPS) is 10.5. The number of hydrogen-bond acceptors (Lipinski definition) is 1. The van der Waals surface area contributed by atoms with Gasteiger partial charge in [-0.05, 0) is 6.42 Å². The van der Waals surface area contributed by atoms with E-state index in [1.165, 1.54) is 37.1 Å². The largest absolute Gasteiger partial charge is 0.377 e. The van der Waals surface area contributed by atoms with Gasteiger partial charge in [0.15, 0.2) is 11.9 Å². The predicted molar refractivity (Wildman–Crippen MR) is 69.8 cm³/mol. The number of aryl methyl sites for hydroxylation is 2. The molecule has 0 atom stereocenters. The summed E-state index contributed by atoms with van der Waals surface area (Å²) in [5, 5.41) is 0. The van der Waals surface area contributed by atoms with Crippen LogP contribution in [0.15, 0.2) is 18.3 Å². The Labute approximate surface area is 99.9 Å². The lowest BCUT2D eigenvalue weighted by molar-refractivity contribution is -0.703. The molecule has 2 nitrogen and oxygen atoms in total. The van der Waals surface area contributed by atoms with Crippen LogP contribution in [0.5, 0.6) is 0 Å². The van der Waals surface area contributed by atoms with E-state index >= 15 is 0 Å². The van der Waals surface area contributed by atoms with Gasteiger partial charge in [0, 0.05) is 45.3 Å². The Hall–Kier alpha value is -1.05. The molecule has 1 aromatic heterocycles. The minimum absolute atomic E-state index is 1.15. The maximum Gasteiger partial charge on any atom is 0.180 e. The van der Waals surface area contributed by atoms with Crippen LogP contribution in [0.4, 0.5) is 5.69 Å². The lowest BCUT2D eigenvalue weighted by atomic mass is 10.2. The van der Waals surface area contributed by atoms with Crippen LogP contribution in [0.25, 0.3) is 0 Å². The molecule has 0 saturated heterocycles. The Bertz CT molecular complexity index is 319. The summed E-state index contributed by atoms with van der Waals surface area (Å²) in [6, 6.07) is 4.44. The first-order chi connectivity index (χ1) is 7.65. The Morgan fingerprint density at radius 2 is 1.94 bits per heavy atom. The number of rotatable bonds is 6. The smallest absolute Gasteiger partial charge is 0.180 e. The summed E-state index contributed by atoms with van der Waals surface area (Å²) >= 11 is 0. The van der Waals surface area contributed by atoms with Crippen molar-refractivity contribution in [3.8, 4) is 0 Å². The van der Waals surface area contributed by atoms with Gasteiger partial charge >= 0.3 is 0 Å². The van der Waals surface area contributed by atoms with Gasteiger partial charge in [-0.2, -0.15) is 0 Å². The molecule has 1 rings (SSSR count). The van der Waals surface area contributed by atoms with E-state index in [-0.39, 0.29) is 0 Å². The molecule has 0 aliphatic heterocycles. The lowest BCUT2D eigenvalue weighted by Crippen LogP contribution is -2.36. The molecule has 0 saturated carbocycles. The molecular weight excluding hydrogens is 196 g/mol. The second-order valence-corrected chi connectivity index (χ2v) is 4.67. The van der Waals surface area contributed by atoms with E-state index in [4.69, 9.17) is 0 Å². The average molecular weight is 221 g/mol. The Balaban J connectivity index is 2.54. The molecule has 0 bridgehead atoms. The van der Waals surface area contributed by atoms with Gasteiger partial charge in [-0.3, -0.25) is 0 Å². The molecule has 16 heavy (non-hydrogen) atoms. The van der Waals surface area contributed by atoms with E-state index in [9.17, 15) is 0 Å². The second kappa shape index (κ2) is 6.51. The zero-order valence-corrected chi connectivity index (χ0v) is 11.2. The first-order valence-electron chi connectivity index (χ1n) is 6.32. The van der Waals surface area contributed by atoms with Crippen molar-refractivity contribution in [2.45, 2.75) is 46.1 Å². The van der Waals surface area contributed by atoms with Crippen LogP contribution in [-0.2, 0) is 6.54 Å². The van der Waals surface area contributed by atoms with Crippen LogP contribution in [0.1, 0.15) is 38.3 Å². The monoisotopic (exact) mass is 221 g/mol. The van der Waals surface area contributed by atoms with Crippen LogP contribution in [-0.4, -0.2) is 14.1 Å². The summed E-state index contributed by atoms with van der Waals surface area (Å²) in [5.41, 5.74) is 2.63. The SMILES string of the molecule is CCCCCC[n+]1ccc(N(C)C)cc1C. The Kier molecular flexibility index (Phi) is 5.30. The maximum absolute atomic E-state index is 2.35. The molecule has 90 valence electrons. The lowest BCUT2D eigenvalue weighted by Gasteiger charge is -2.12. The molecule has 0 radical (unpaired) electrons. The van der Waals surface area contributed by atoms with Gasteiger partial charge in [0.1, 0.15) is 6.54 Å². The van der Waals surface area contributed by atoms with Gasteiger partial charge in [-0.15, -0.1) is 0 Å². The molecule has 0 N–H and O–H groups in total. The summed E-state index contributed by atoms with van der Waals surface area (Å²) in [4.78, 5) is 2.15. The van der Waals surface area contributed by atoms with E-state index in [1.54, 1.807) is 0 Å². The summed E-state index contributed by atoms with van der Waals surface area (Å²) in [6.07, 6.45) is 7.51. The highest BCUT2D eigenvalue weighted by Crippen LogP contribution is 2.09. The van der Waals surface area contributed by atoms with Gasteiger partial charge in [0.25, 0.3) is 0 Å². The fraction of sp³-hybridized carbons (Fsp3) is 0.643. The first kappa shape index (κ1) is 13.0. The van der Waals surface area contributed by atoms with Crippen LogP contribution in [0, 0.1) is 6.92 Å². The minimum atomic E-state index is 1.15. The van der Waals surface area contributed by atoms with Gasteiger partial charge in [-0.1, -0.05) is 19.8 Å². The van der Waals surface area contributed by atoms with E-state index < -0.39 is 0 Å². The minimum Gasteiger partial charge on any atom is -0.377 e. The third-order valence-corrected chi connectivity index (χ3v) is 3.00. The molecule has 0 aliphatic rings. The first-order valence-corrected chi connectivity index (χ1v) is 6.32. The van der Waals surface area contributed by atoms with E-state index in [2.05, 4.69) is 55.7 Å². The van der Waals surface area contributed by atoms with Crippen molar-refractivity contribution < 1.29 is 4.57 Å². The van der Waals surface area contributed by atoms with Crippen molar-refractivity contribution in [1.29, 1.82) is 0 Å². The van der Waals surface area contributed by atoms with Crippen molar-refractivity contribution in [1.82, 2.24) is 0 Å². The van der Waals surface area contributed by atoms with Crippen LogP contribution in [0.3, 0.4) is 0 Å². The fourth-order valence-electron chi connectivity index (χ4n) is 1.87. The van der Waals surface area contributed by atoms with Crippen molar-refractivity contribution in [2.24, 2.45) is 0 Å². The zero-order chi connectivity index (χ0) is 12.0. The van der Waals surface area contributed by atoms with E-state index in [1.807, 2.05) is 0 Å². The van der Waals surface area contributed by atoms with Crippen LogP contribution < -0.4 is 9.47 Å². The highest BCUT2D eigenvalue weighted by Gasteiger charge is 2.07. The van der Waals surface area contributed by atoms with Gasteiger partial charge in [0.2, 0.25) is 0 Å². The Morgan fingerprint density at radius 3 is 2.50 bits per heavy atom. The third kappa shape index (κ3) is 3.84. The van der Waals surface area contributed by atoms with Gasteiger partial charge in [-0.25, -0.2) is 4.57 Å². The van der Waals surface area contributed by atoms with Crippen molar-refractivity contribution in [3.05, 3.63) is 24.0 Å². The van der Waals surface area contributed by atoms with Crippen LogP contribution >= 0.6 is 0 Å². The number of unbranched alkanes of at least 4 members (excludes halogenated alkanes) is 3. The summed E-state index contributed by atoms with van der Waals surface area (Å²) < 4.78 is 2.35. The summed E-state index contributed by atoms with van der Waals surface area (Å²) in [6.45, 7) is 5.59. The number of aromatic nitrogens is 1. The van der Waals surface area contributed by atoms with Crippen molar-refractivity contribution in [3.63, 3.8) is 0 Å². The molecule has 2 heteroatoms. The van der Waals surface area contributed by atoms with E-state index in [0.717, 1.165) is 6.54 Å². The molecule has 1 heterocycles. The average Bonchev–Trinajstić information content (AvgIpc) is 2.26. The fourth-order valence-corrected chi connectivity index (χ4v) is 1.87. The number of anilines is 1. The summed E-state index contributed by atoms with van der Waals surface area (Å²) in [5.74, 6) is 0. The predicted octanol–water partition coefficient (Wildman–Crippen LogP) is 2.93. The molecule has 0 unspecified atom stereocenters. The quantitative estimate of drug-likeness (QED) is 0.529. The highest BCUT2D eigenvalue weighted by molar-refractivity contribution is 5.43. The molecule has 0 spiro atoms. The zero-order valence-electron chi connectivity index (χ0n) is 11.2. The van der Waals surface area contributed by atoms with Gasteiger partial charge < -0.3 is 4.90 Å². The second-order valence-electron chi connectivity index (χ2n) is 4.67. The van der Waals surface area contributed by atoms with Crippen molar-refractivity contribution >= 4 is 5.69 Å². The molecule has 0 amide bonds. The molecular formula is C14H25N2+. The van der Waals surface area contributed by atoms with Gasteiger partial charge in [0.05, 0.1) is 0 Å². The third-order valence-electron chi connectivity index (χ3n) is 3.00. The summed E-state index contributed by atoms with van der Waals surface area (Å²) in [7, 11) is 4.17. The number of nitrogens with zero attached hydrogens (tertiary/aromatic N) is 2. The maximum atomic E-state index is 2.35. The molecule has 0 aromatic carbocycles. The highest BCUT2D eigenvalue weighted by atomic mass is 15.1. The number of pyridine rings is 1. The molecule has 0 fully saturated rings. The number of hydrogen-bond donors (Lipinski definition) is 0. The Morgan fingerprint density at radius 1 is 1.19 bits per heavy atom.